The summed E-state index contributed by atoms with van der Waals surface area (Å²) in [6.45, 7) is 3.43. The van der Waals surface area contributed by atoms with Crippen LogP contribution in [0.5, 0.6) is 0 Å². The minimum Gasteiger partial charge on any atom is -0.318 e. The minimum absolute atomic E-state index is 0.159. The van der Waals surface area contributed by atoms with Crippen molar-refractivity contribution in [1.82, 2.24) is 10.6 Å². The summed E-state index contributed by atoms with van der Waals surface area (Å²) in [7, 11) is 1.87. The van der Waals surface area contributed by atoms with Crippen molar-refractivity contribution in [2.75, 3.05) is 20.1 Å². The van der Waals surface area contributed by atoms with Crippen LogP contribution < -0.4 is 10.6 Å². The Balaban J connectivity index is 2.43. The highest BCUT2D eigenvalue weighted by atomic mass is 19.1. The third-order valence-corrected chi connectivity index (χ3v) is 2.44. The molecule has 90 valence electrons. The van der Waals surface area contributed by atoms with Gasteiger partial charge in [0.1, 0.15) is 11.6 Å². The first-order valence-corrected chi connectivity index (χ1v) is 5.46. The van der Waals surface area contributed by atoms with Gasteiger partial charge in [-0.05, 0) is 39.1 Å². The van der Waals surface area contributed by atoms with Crippen LogP contribution in [0.1, 0.15) is 12.5 Å². The van der Waals surface area contributed by atoms with Crippen molar-refractivity contribution in [2.24, 2.45) is 0 Å². The van der Waals surface area contributed by atoms with Crippen LogP contribution in [-0.4, -0.2) is 26.2 Å². The van der Waals surface area contributed by atoms with Crippen LogP contribution in [0.25, 0.3) is 0 Å². The number of hydrogen-bond acceptors (Lipinski definition) is 2. The highest BCUT2D eigenvalue weighted by Gasteiger charge is 2.08. The highest BCUT2D eigenvalue weighted by Crippen LogP contribution is 2.11. The Morgan fingerprint density at radius 1 is 1.25 bits per heavy atom. The second-order valence-electron chi connectivity index (χ2n) is 3.86. The molecule has 0 saturated carbocycles. The normalized spacial score (nSPS) is 12.8. The fourth-order valence-electron chi connectivity index (χ4n) is 1.59. The van der Waals surface area contributed by atoms with E-state index in [1.165, 1.54) is 18.2 Å². The van der Waals surface area contributed by atoms with Crippen LogP contribution in [0, 0.1) is 11.6 Å². The van der Waals surface area contributed by atoms with E-state index in [9.17, 15) is 8.78 Å². The van der Waals surface area contributed by atoms with Crippen LogP contribution in [-0.2, 0) is 6.42 Å². The maximum absolute atomic E-state index is 13.2. The maximum atomic E-state index is 13.2. The molecule has 0 aliphatic rings. The van der Waals surface area contributed by atoms with Gasteiger partial charge in [0.25, 0.3) is 0 Å². The molecule has 0 amide bonds. The minimum atomic E-state index is -0.469. The van der Waals surface area contributed by atoms with Crippen molar-refractivity contribution >= 4 is 0 Å². The molecule has 0 spiro atoms. The van der Waals surface area contributed by atoms with E-state index in [1.807, 2.05) is 14.0 Å². The summed E-state index contributed by atoms with van der Waals surface area (Å²) in [6.07, 6.45) is 0.368. The van der Waals surface area contributed by atoms with Gasteiger partial charge in [-0.2, -0.15) is 0 Å². The first-order chi connectivity index (χ1) is 7.65. The first-order valence-electron chi connectivity index (χ1n) is 5.46. The summed E-state index contributed by atoms with van der Waals surface area (Å²) >= 11 is 0. The topological polar surface area (TPSA) is 24.1 Å². The quantitative estimate of drug-likeness (QED) is 0.774. The third-order valence-electron chi connectivity index (χ3n) is 2.44. The Kier molecular flexibility index (Phi) is 5.35. The molecular formula is C12H18F2N2. The van der Waals surface area contributed by atoms with E-state index < -0.39 is 11.6 Å². The Labute approximate surface area is 95.1 Å². The lowest BCUT2D eigenvalue weighted by Crippen LogP contribution is -2.36. The van der Waals surface area contributed by atoms with Gasteiger partial charge in [0.05, 0.1) is 0 Å². The third kappa shape index (κ3) is 3.87. The molecule has 1 aromatic carbocycles. The monoisotopic (exact) mass is 228 g/mol. The molecule has 1 aromatic rings. The number of nitrogens with one attached hydrogen (secondary N) is 2. The van der Waals surface area contributed by atoms with E-state index in [0.29, 0.717) is 19.0 Å². The van der Waals surface area contributed by atoms with Crippen molar-refractivity contribution in [3.8, 4) is 0 Å². The molecule has 0 radical (unpaired) electrons. The fraction of sp³-hybridized carbons (Fsp3) is 0.500. The van der Waals surface area contributed by atoms with Crippen molar-refractivity contribution in [2.45, 2.75) is 19.4 Å². The summed E-state index contributed by atoms with van der Waals surface area (Å²) in [5.74, 6) is -0.939. The molecule has 0 aromatic heterocycles. The van der Waals surface area contributed by atoms with Gasteiger partial charge in [-0.1, -0.05) is 6.07 Å². The van der Waals surface area contributed by atoms with Gasteiger partial charge in [-0.3, -0.25) is 0 Å². The lowest BCUT2D eigenvalue weighted by atomic mass is 10.1. The summed E-state index contributed by atoms with van der Waals surface area (Å²) < 4.78 is 26.5. The molecule has 0 saturated heterocycles. The molecule has 1 atom stereocenters. The zero-order chi connectivity index (χ0) is 12.0. The van der Waals surface area contributed by atoms with Gasteiger partial charge in [0.15, 0.2) is 0 Å². The molecule has 0 heterocycles. The molecule has 1 unspecified atom stereocenters. The van der Waals surface area contributed by atoms with E-state index in [4.69, 9.17) is 0 Å². The molecule has 2 nitrogen and oxygen atoms in total. The Hall–Kier alpha value is -1.00. The average molecular weight is 228 g/mol. The Morgan fingerprint density at radius 3 is 2.44 bits per heavy atom. The number of rotatable bonds is 6. The zero-order valence-corrected chi connectivity index (χ0v) is 9.69. The predicted molar refractivity (Wildman–Crippen MR) is 61.5 cm³/mol. The Morgan fingerprint density at radius 2 is 1.88 bits per heavy atom. The van der Waals surface area contributed by atoms with Crippen LogP contribution in [0.15, 0.2) is 18.2 Å². The van der Waals surface area contributed by atoms with Gasteiger partial charge in [0, 0.05) is 18.2 Å². The van der Waals surface area contributed by atoms with Crippen LogP contribution in [0.2, 0.25) is 0 Å². The molecule has 0 fully saturated rings. The number of benzene rings is 1. The van der Waals surface area contributed by atoms with E-state index in [1.54, 1.807) is 0 Å². The Bertz CT molecular complexity index is 309. The molecule has 0 aliphatic heterocycles. The molecule has 16 heavy (non-hydrogen) atoms. The van der Waals surface area contributed by atoms with Crippen LogP contribution in [0.3, 0.4) is 0 Å². The van der Waals surface area contributed by atoms with E-state index in [2.05, 4.69) is 10.6 Å². The highest BCUT2D eigenvalue weighted by molar-refractivity contribution is 5.19. The molecule has 2 N–H and O–H groups in total. The second kappa shape index (κ2) is 6.55. The summed E-state index contributed by atoms with van der Waals surface area (Å²) in [5, 5.41) is 6.22. The molecule has 0 bridgehead atoms. The number of hydrogen-bond donors (Lipinski definition) is 2. The second-order valence-corrected chi connectivity index (χ2v) is 3.86. The predicted octanol–water partition coefficient (Wildman–Crippen LogP) is 1.70. The number of likely N-dealkylation sites (N-methyl/N-ethyl adjacent to an activating group) is 1. The van der Waals surface area contributed by atoms with Gasteiger partial charge in [-0.15, -0.1) is 0 Å². The standard InChI is InChI=1S/C12H18F2N2/c1-9(8-15-2)16-7-6-10-11(13)4-3-5-12(10)14/h3-5,9,15-16H,6-8H2,1-2H3. The van der Waals surface area contributed by atoms with Crippen molar-refractivity contribution < 1.29 is 8.78 Å². The van der Waals surface area contributed by atoms with Gasteiger partial charge < -0.3 is 10.6 Å². The molecule has 4 heteroatoms. The lowest BCUT2D eigenvalue weighted by Gasteiger charge is -2.13. The summed E-state index contributed by atoms with van der Waals surface area (Å²) in [6, 6.07) is 4.25. The molecule has 1 rings (SSSR count). The van der Waals surface area contributed by atoms with Crippen LogP contribution in [0.4, 0.5) is 8.78 Å². The van der Waals surface area contributed by atoms with E-state index >= 15 is 0 Å². The van der Waals surface area contributed by atoms with E-state index in [-0.39, 0.29) is 5.56 Å². The molecular weight excluding hydrogens is 210 g/mol. The molecule has 0 aliphatic carbocycles. The van der Waals surface area contributed by atoms with Gasteiger partial charge in [-0.25, -0.2) is 8.78 Å². The summed E-state index contributed by atoms with van der Waals surface area (Å²) in [5.41, 5.74) is 0.159. The summed E-state index contributed by atoms with van der Waals surface area (Å²) in [4.78, 5) is 0. The fourth-order valence-corrected chi connectivity index (χ4v) is 1.59. The van der Waals surface area contributed by atoms with Crippen molar-refractivity contribution in [3.63, 3.8) is 0 Å². The maximum Gasteiger partial charge on any atom is 0.129 e. The van der Waals surface area contributed by atoms with Gasteiger partial charge in [0.2, 0.25) is 0 Å². The zero-order valence-electron chi connectivity index (χ0n) is 9.69. The van der Waals surface area contributed by atoms with Gasteiger partial charge >= 0.3 is 0 Å². The average Bonchev–Trinajstić information content (AvgIpc) is 2.23. The largest absolute Gasteiger partial charge is 0.318 e. The van der Waals surface area contributed by atoms with Crippen molar-refractivity contribution in [1.29, 1.82) is 0 Å². The van der Waals surface area contributed by atoms with E-state index in [0.717, 1.165) is 6.54 Å². The number of halogens is 2. The smallest absolute Gasteiger partial charge is 0.129 e. The first kappa shape index (κ1) is 13.1. The van der Waals surface area contributed by atoms with Crippen LogP contribution >= 0.6 is 0 Å². The van der Waals surface area contributed by atoms with Crippen molar-refractivity contribution in [3.05, 3.63) is 35.4 Å². The lowest BCUT2D eigenvalue weighted by molar-refractivity contribution is 0.506. The SMILES string of the molecule is CNCC(C)NCCc1c(F)cccc1F.